The van der Waals surface area contributed by atoms with E-state index in [2.05, 4.69) is 46.8 Å². The SMILES string of the molecule is Cn1c2c(c3cc(Cc4ccc5c(c4)OCCO5)ccc31)CN(CCCCS(C)(=O)=O)CC2. The standard InChI is InChI=1S/C26H32N2O4S/c1-27-23-7-5-19(15-20-6-8-25-26(17-20)32-13-12-31-25)16-21(23)22-18-28(11-9-24(22)27)10-3-4-14-33(2,29)30/h5-8,16-17H,3-4,9-15,18H2,1-2H3. The fraction of sp³-hybridized carbons (Fsp3) is 0.462. The van der Waals surface area contributed by atoms with Crippen molar-refractivity contribution in [3.8, 4) is 11.5 Å². The second kappa shape index (κ2) is 9.03. The molecule has 6 nitrogen and oxygen atoms in total. The maximum absolute atomic E-state index is 11.4. The van der Waals surface area contributed by atoms with Crippen LogP contribution in [0.5, 0.6) is 11.5 Å². The third-order valence-electron chi connectivity index (χ3n) is 6.80. The third kappa shape index (κ3) is 4.89. The molecule has 5 rings (SSSR count). The van der Waals surface area contributed by atoms with Crippen LogP contribution >= 0.6 is 0 Å². The summed E-state index contributed by atoms with van der Waals surface area (Å²) in [6.07, 6.45) is 4.86. The molecule has 3 aromatic rings. The maximum Gasteiger partial charge on any atom is 0.161 e. The molecular weight excluding hydrogens is 436 g/mol. The van der Waals surface area contributed by atoms with Crippen LogP contribution in [0.4, 0.5) is 0 Å². The Kier molecular flexibility index (Phi) is 6.10. The molecule has 0 aliphatic carbocycles. The van der Waals surface area contributed by atoms with Crippen molar-refractivity contribution in [1.29, 1.82) is 0 Å². The second-order valence-electron chi connectivity index (χ2n) is 9.35. The first kappa shape index (κ1) is 22.3. The summed E-state index contributed by atoms with van der Waals surface area (Å²) in [6.45, 7) is 4.11. The van der Waals surface area contributed by atoms with Crippen molar-refractivity contribution in [1.82, 2.24) is 9.47 Å². The summed E-state index contributed by atoms with van der Waals surface area (Å²) in [5.41, 5.74) is 6.64. The van der Waals surface area contributed by atoms with Crippen LogP contribution in [0.15, 0.2) is 36.4 Å². The largest absolute Gasteiger partial charge is 0.486 e. The van der Waals surface area contributed by atoms with Gasteiger partial charge in [0, 0.05) is 55.2 Å². The van der Waals surface area contributed by atoms with Gasteiger partial charge in [0.05, 0.1) is 0 Å². The zero-order valence-corrected chi connectivity index (χ0v) is 20.3. The van der Waals surface area contributed by atoms with Crippen molar-refractivity contribution in [2.24, 2.45) is 7.05 Å². The number of ether oxygens (including phenoxy) is 2. The normalized spacial score (nSPS) is 16.2. The van der Waals surface area contributed by atoms with Crippen LogP contribution in [0.25, 0.3) is 10.9 Å². The molecule has 0 bridgehead atoms. The van der Waals surface area contributed by atoms with E-state index in [0.29, 0.717) is 13.2 Å². The Hall–Kier alpha value is -2.51. The predicted octanol–water partition coefficient (Wildman–Crippen LogP) is 3.72. The molecule has 2 aromatic carbocycles. The Morgan fingerprint density at radius 3 is 2.55 bits per heavy atom. The van der Waals surface area contributed by atoms with E-state index in [0.717, 1.165) is 56.8 Å². The lowest BCUT2D eigenvalue weighted by Gasteiger charge is -2.27. The first-order valence-electron chi connectivity index (χ1n) is 11.7. The first-order chi connectivity index (χ1) is 15.9. The van der Waals surface area contributed by atoms with Gasteiger partial charge in [0.1, 0.15) is 23.1 Å². The van der Waals surface area contributed by atoms with Crippen molar-refractivity contribution in [2.45, 2.75) is 32.2 Å². The van der Waals surface area contributed by atoms with Crippen LogP contribution < -0.4 is 9.47 Å². The molecule has 0 N–H and O–H groups in total. The molecule has 2 aliphatic heterocycles. The van der Waals surface area contributed by atoms with E-state index >= 15 is 0 Å². The number of rotatable bonds is 7. The molecule has 176 valence electrons. The lowest BCUT2D eigenvalue weighted by atomic mass is 9.99. The fourth-order valence-electron chi connectivity index (χ4n) is 5.12. The summed E-state index contributed by atoms with van der Waals surface area (Å²) >= 11 is 0. The van der Waals surface area contributed by atoms with E-state index in [1.165, 1.54) is 39.5 Å². The zero-order valence-electron chi connectivity index (χ0n) is 19.5. The molecule has 0 fully saturated rings. The minimum Gasteiger partial charge on any atom is -0.486 e. The molecule has 0 unspecified atom stereocenters. The molecule has 0 saturated heterocycles. The van der Waals surface area contributed by atoms with E-state index < -0.39 is 9.84 Å². The van der Waals surface area contributed by atoms with Gasteiger partial charge < -0.3 is 14.0 Å². The minimum atomic E-state index is -2.87. The Bertz CT molecular complexity index is 1280. The average molecular weight is 469 g/mol. The highest BCUT2D eigenvalue weighted by molar-refractivity contribution is 7.90. The summed E-state index contributed by atoms with van der Waals surface area (Å²) in [4.78, 5) is 2.47. The number of unbranched alkanes of at least 4 members (excludes halogenated alkanes) is 1. The quantitative estimate of drug-likeness (QED) is 0.495. The van der Waals surface area contributed by atoms with Crippen LogP contribution in [0.1, 0.15) is 35.2 Å². The molecule has 0 spiro atoms. The predicted molar refractivity (Wildman–Crippen MR) is 131 cm³/mol. The summed E-state index contributed by atoms with van der Waals surface area (Å²) < 4.78 is 36.5. The molecule has 1 aromatic heterocycles. The van der Waals surface area contributed by atoms with E-state index in [9.17, 15) is 8.42 Å². The van der Waals surface area contributed by atoms with Gasteiger partial charge in [-0.05, 0) is 66.8 Å². The number of fused-ring (bicyclic) bond motifs is 4. The van der Waals surface area contributed by atoms with E-state index in [4.69, 9.17) is 9.47 Å². The topological polar surface area (TPSA) is 60.8 Å². The van der Waals surface area contributed by atoms with Crippen LogP contribution in [-0.4, -0.2) is 56.2 Å². The summed E-state index contributed by atoms with van der Waals surface area (Å²) in [5.74, 6) is 1.95. The van der Waals surface area contributed by atoms with Gasteiger partial charge in [0.25, 0.3) is 0 Å². The Morgan fingerprint density at radius 2 is 1.73 bits per heavy atom. The van der Waals surface area contributed by atoms with Gasteiger partial charge in [-0.25, -0.2) is 8.42 Å². The zero-order chi connectivity index (χ0) is 23.0. The van der Waals surface area contributed by atoms with E-state index in [1.807, 2.05) is 6.07 Å². The number of nitrogens with zero attached hydrogens (tertiary/aromatic N) is 2. The smallest absolute Gasteiger partial charge is 0.161 e. The lowest BCUT2D eigenvalue weighted by molar-refractivity contribution is 0.171. The number of benzene rings is 2. The maximum atomic E-state index is 11.4. The number of aromatic nitrogens is 1. The molecule has 7 heteroatoms. The molecular formula is C26H32N2O4S. The van der Waals surface area contributed by atoms with Crippen LogP contribution in [0, 0.1) is 0 Å². The van der Waals surface area contributed by atoms with Crippen molar-refractivity contribution >= 4 is 20.7 Å². The summed E-state index contributed by atoms with van der Waals surface area (Å²) in [5, 5.41) is 1.34. The van der Waals surface area contributed by atoms with Crippen LogP contribution in [0.3, 0.4) is 0 Å². The van der Waals surface area contributed by atoms with Gasteiger partial charge in [-0.15, -0.1) is 0 Å². The molecule has 33 heavy (non-hydrogen) atoms. The van der Waals surface area contributed by atoms with Crippen molar-refractivity contribution in [3.05, 3.63) is 58.8 Å². The monoisotopic (exact) mass is 468 g/mol. The number of hydrogen-bond acceptors (Lipinski definition) is 5. The first-order valence-corrected chi connectivity index (χ1v) is 13.8. The van der Waals surface area contributed by atoms with Gasteiger partial charge in [-0.2, -0.15) is 0 Å². The Balaban J connectivity index is 1.33. The molecule has 0 atom stereocenters. The molecule has 0 amide bonds. The summed E-state index contributed by atoms with van der Waals surface area (Å²) in [7, 11) is -0.704. The molecule has 0 radical (unpaired) electrons. The van der Waals surface area contributed by atoms with E-state index in [-0.39, 0.29) is 5.75 Å². The van der Waals surface area contributed by atoms with Crippen molar-refractivity contribution in [3.63, 3.8) is 0 Å². The summed E-state index contributed by atoms with van der Waals surface area (Å²) in [6, 6.07) is 13.0. The van der Waals surface area contributed by atoms with Gasteiger partial charge in [0.2, 0.25) is 0 Å². The number of hydrogen-bond donors (Lipinski definition) is 0. The van der Waals surface area contributed by atoms with E-state index in [1.54, 1.807) is 0 Å². The third-order valence-corrected chi connectivity index (χ3v) is 7.83. The molecule has 2 aliphatic rings. The van der Waals surface area contributed by atoms with Gasteiger partial charge >= 0.3 is 0 Å². The average Bonchev–Trinajstić information content (AvgIpc) is 3.07. The highest BCUT2D eigenvalue weighted by atomic mass is 32.2. The minimum absolute atomic E-state index is 0.281. The van der Waals surface area contributed by atoms with Crippen molar-refractivity contribution < 1.29 is 17.9 Å². The Morgan fingerprint density at radius 1 is 0.970 bits per heavy atom. The highest BCUT2D eigenvalue weighted by Gasteiger charge is 2.23. The lowest BCUT2D eigenvalue weighted by Crippen LogP contribution is -2.32. The van der Waals surface area contributed by atoms with Crippen LogP contribution in [0.2, 0.25) is 0 Å². The molecule has 3 heterocycles. The van der Waals surface area contributed by atoms with Gasteiger partial charge in [-0.3, -0.25) is 4.90 Å². The van der Waals surface area contributed by atoms with Crippen molar-refractivity contribution in [2.75, 3.05) is 38.3 Å². The van der Waals surface area contributed by atoms with Crippen LogP contribution in [-0.2, 0) is 36.3 Å². The van der Waals surface area contributed by atoms with Gasteiger partial charge in [0.15, 0.2) is 11.5 Å². The fourth-order valence-corrected chi connectivity index (χ4v) is 5.84. The molecule has 0 saturated carbocycles. The van der Waals surface area contributed by atoms with Gasteiger partial charge in [-0.1, -0.05) is 12.1 Å². The number of sulfone groups is 1. The Labute approximate surface area is 196 Å². The number of aryl methyl sites for hydroxylation is 1. The highest BCUT2D eigenvalue weighted by Crippen LogP contribution is 2.34. The second-order valence-corrected chi connectivity index (χ2v) is 11.6.